The van der Waals surface area contributed by atoms with Crippen molar-refractivity contribution in [3.8, 4) is 11.6 Å². The monoisotopic (exact) mass is 252 g/mol. The number of rotatable bonds is 3. The minimum atomic E-state index is -0.536. The molecule has 0 bridgehead atoms. The third kappa shape index (κ3) is 2.72. The highest BCUT2D eigenvalue weighted by Gasteiger charge is 2.08. The van der Waals surface area contributed by atoms with E-state index in [2.05, 4.69) is 4.98 Å². The molecular formula is C12H10ClFN2O. The molecule has 1 aromatic heterocycles. The largest absolute Gasteiger partial charge is 0.435 e. The molecule has 2 N–H and O–H groups in total. The second-order valence-corrected chi connectivity index (χ2v) is 3.77. The van der Waals surface area contributed by atoms with Crippen molar-refractivity contribution in [2.45, 2.75) is 6.54 Å². The zero-order valence-corrected chi connectivity index (χ0v) is 9.62. The van der Waals surface area contributed by atoms with E-state index < -0.39 is 5.82 Å². The molecule has 0 radical (unpaired) electrons. The Labute approximate surface area is 103 Å². The molecule has 17 heavy (non-hydrogen) atoms. The van der Waals surface area contributed by atoms with Crippen molar-refractivity contribution in [3.63, 3.8) is 0 Å². The molecule has 2 aromatic rings. The third-order valence-corrected chi connectivity index (χ3v) is 2.46. The summed E-state index contributed by atoms with van der Waals surface area (Å²) in [6.45, 7) is 0.387. The first-order valence-corrected chi connectivity index (χ1v) is 5.35. The van der Waals surface area contributed by atoms with Crippen LogP contribution in [0.3, 0.4) is 0 Å². The summed E-state index contributed by atoms with van der Waals surface area (Å²) in [6, 6.07) is 7.84. The predicted molar refractivity (Wildman–Crippen MR) is 63.6 cm³/mol. The van der Waals surface area contributed by atoms with Gasteiger partial charge in [-0.15, -0.1) is 0 Å². The Bertz CT molecular complexity index is 534. The van der Waals surface area contributed by atoms with E-state index in [1.807, 2.05) is 0 Å². The van der Waals surface area contributed by atoms with Crippen LogP contribution in [0.5, 0.6) is 11.6 Å². The molecule has 0 aliphatic carbocycles. The van der Waals surface area contributed by atoms with E-state index in [4.69, 9.17) is 22.1 Å². The lowest BCUT2D eigenvalue weighted by Gasteiger charge is -2.08. The lowest BCUT2D eigenvalue weighted by molar-refractivity contribution is 0.423. The summed E-state index contributed by atoms with van der Waals surface area (Å²) in [5, 5.41) is 0.373. The number of halogens is 2. The van der Waals surface area contributed by atoms with Crippen molar-refractivity contribution < 1.29 is 9.13 Å². The highest BCUT2D eigenvalue weighted by atomic mass is 35.5. The van der Waals surface area contributed by atoms with Crippen LogP contribution in [0.4, 0.5) is 4.39 Å². The van der Waals surface area contributed by atoms with Gasteiger partial charge in [0.15, 0.2) is 5.82 Å². The Morgan fingerprint density at radius 3 is 2.82 bits per heavy atom. The maximum absolute atomic E-state index is 13.3. The van der Waals surface area contributed by atoms with Gasteiger partial charge >= 0.3 is 0 Å². The fraction of sp³-hybridized carbons (Fsp3) is 0.0833. The van der Waals surface area contributed by atoms with Crippen LogP contribution in [0.15, 0.2) is 36.5 Å². The Hall–Kier alpha value is -1.65. The quantitative estimate of drug-likeness (QED) is 0.913. The van der Waals surface area contributed by atoms with Crippen LogP contribution in [0.25, 0.3) is 0 Å². The van der Waals surface area contributed by atoms with E-state index in [0.717, 1.165) is 5.56 Å². The molecule has 0 unspecified atom stereocenters. The molecule has 1 heterocycles. The van der Waals surface area contributed by atoms with Gasteiger partial charge in [0.25, 0.3) is 5.88 Å². The van der Waals surface area contributed by atoms with Crippen molar-refractivity contribution in [1.29, 1.82) is 0 Å². The number of benzene rings is 1. The minimum absolute atomic E-state index is 0.102. The van der Waals surface area contributed by atoms with Gasteiger partial charge in [0.05, 0.1) is 5.02 Å². The van der Waals surface area contributed by atoms with Gasteiger partial charge in [-0.2, -0.15) is 0 Å². The topological polar surface area (TPSA) is 48.1 Å². The van der Waals surface area contributed by atoms with E-state index in [1.165, 1.54) is 18.3 Å². The Balaban J connectivity index is 2.28. The average molecular weight is 253 g/mol. The van der Waals surface area contributed by atoms with Crippen LogP contribution in [-0.2, 0) is 6.54 Å². The van der Waals surface area contributed by atoms with Gasteiger partial charge in [-0.05, 0) is 29.8 Å². The van der Waals surface area contributed by atoms with Crippen molar-refractivity contribution in [1.82, 2.24) is 4.98 Å². The van der Waals surface area contributed by atoms with Gasteiger partial charge in [-0.3, -0.25) is 0 Å². The number of hydrogen-bond acceptors (Lipinski definition) is 3. The number of pyridine rings is 1. The highest BCUT2D eigenvalue weighted by molar-refractivity contribution is 6.32. The summed E-state index contributed by atoms with van der Waals surface area (Å²) >= 11 is 5.98. The molecule has 0 saturated heterocycles. The molecule has 2 rings (SSSR count). The van der Waals surface area contributed by atoms with E-state index in [-0.39, 0.29) is 5.88 Å². The van der Waals surface area contributed by atoms with Gasteiger partial charge in [-0.1, -0.05) is 17.7 Å². The molecule has 0 aliphatic rings. The summed E-state index contributed by atoms with van der Waals surface area (Å²) in [4.78, 5) is 3.78. The van der Waals surface area contributed by atoms with Gasteiger partial charge < -0.3 is 10.5 Å². The summed E-state index contributed by atoms with van der Waals surface area (Å²) < 4.78 is 18.6. The Morgan fingerprint density at radius 1 is 1.35 bits per heavy atom. The average Bonchev–Trinajstić information content (AvgIpc) is 2.34. The summed E-state index contributed by atoms with van der Waals surface area (Å²) in [5.74, 6) is -0.289. The number of aromatic nitrogens is 1. The van der Waals surface area contributed by atoms with Crippen LogP contribution in [0, 0.1) is 5.82 Å². The number of nitrogens with zero attached hydrogens (tertiary/aromatic N) is 1. The number of nitrogens with two attached hydrogens (primary N) is 1. The van der Waals surface area contributed by atoms with E-state index in [1.54, 1.807) is 18.2 Å². The SMILES string of the molecule is NCc1ccc(Oc2ncccc2F)c(Cl)c1. The third-order valence-electron chi connectivity index (χ3n) is 2.16. The summed E-state index contributed by atoms with van der Waals surface area (Å²) in [5.41, 5.74) is 6.35. The molecule has 0 atom stereocenters. The van der Waals surface area contributed by atoms with Gasteiger partial charge in [0.1, 0.15) is 5.75 Å². The Morgan fingerprint density at radius 2 is 2.18 bits per heavy atom. The molecule has 0 amide bonds. The lowest BCUT2D eigenvalue weighted by Crippen LogP contribution is -1.97. The lowest BCUT2D eigenvalue weighted by atomic mass is 10.2. The zero-order chi connectivity index (χ0) is 12.3. The molecule has 0 saturated carbocycles. The molecular weight excluding hydrogens is 243 g/mol. The summed E-state index contributed by atoms with van der Waals surface area (Å²) in [7, 11) is 0. The summed E-state index contributed by atoms with van der Waals surface area (Å²) in [6.07, 6.45) is 1.45. The molecule has 0 aliphatic heterocycles. The first-order valence-electron chi connectivity index (χ1n) is 4.97. The van der Waals surface area contributed by atoms with Gasteiger partial charge in [0.2, 0.25) is 0 Å². The molecule has 1 aromatic carbocycles. The normalized spacial score (nSPS) is 10.3. The second kappa shape index (κ2) is 5.12. The van der Waals surface area contributed by atoms with Crippen molar-refractivity contribution in [2.75, 3.05) is 0 Å². The Kier molecular flexibility index (Phi) is 3.56. The fourth-order valence-electron chi connectivity index (χ4n) is 1.30. The van der Waals surface area contributed by atoms with Crippen molar-refractivity contribution in [3.05, 3.63) is 52.9 Å². The number of ether oxygens (including phenoxy) is 1. The molecule has 3 nitrogen and oxygen atoms in total. The van der Waals surface area contributed by atoms with E-state index >= 15 is 0 Å². The molecule has 5 heteroatoms. The first kappa shape index (κ1) is 11.8. The molecule has 0 fully saturated rings. The minimum Gasteiger partial charge on any atom is -0.435 e. The van der Waals surface area contributed by atoms with Crippen LogP contribution in [0.2, 0.25) is 5.02 Å². The zero-order valence-electron chi connectivity index (χ0n) is 8.86. The maximum atomic E-state index is 13.3. The van der Waals surface area contributed by atoms with Crippen LogP contribution in [-0.4, -0.2) is 4.98 Å². The highest BCUT2D eigenvalue weighted by Crippen LogP contribution is 2.30. The van der Waals surface area contributed by atoms with Crippen LogP contribution >= 0.6 is 11.6 Å². The maximum Gasteiger partial charge on any atom is 0.255 e. The van der Waals surface area contributed by atoms with E-state index in [0.29, 0.717) is 17.3 Å². The molecule has 88 valence electrons. The van der Waals surface area contributed by atoms with Crippen LogP contribution < -0.4 is 10.5 Å². The first-order chi connectivity index (χ1) is 8.20. The van der Waals surface area contributed by atoms with Gasteiger partial charge in [-0.25, -0.2) is 9.37 Å². The van der Waals surface area contributed by atoms with Crippen molar-refractivity contribution >= 4 is 11.6 Å². The van der Waals surface area contributed by atoms with Crippen molar-refractivity contribution in [2.24, 2.45) is 5.73 Å². The smallest absolute Gasteiger partial charge is 0.255 e. The predicted octanol–water partition coefficient (Wildman–Crippen LogP) is 3.13. The van der Waals surface area contributed by atoms with E-state index in [9.17, 15) is 4.39 Å². The molecule has 0 spiro atoms. The van der Waals surface area contributed by atoms with Gasteiger partial charge in [0, 0.05) is 12.7 Å². The fourth-order valence-corrected chi connectivity index (χ4v) is 1.55. The van der Waals surface area contributed by atoms with Crippen LogP contribution in [0.1, 0.15) is 5.56 Å². The second-order valence-electron chi connectivity index (χ2n) is 3.36. The number of hydrogen-bond donors (Lipinski definition) is 1. The standard InChI is InChI=1S/C12H10ClFN2O/c13-9-6-8(7-15)3-4-11(9)17-12-10(14)2-1-5-16-12/h1-6H,7,15H2.